The van der Waals surface area contributed by atoms with E-state index in [4.69, 9.17) is 4.74 Å². The molecule has 0 amide bonds. The third-order valence-corrected chi connectivity index (χ3v) is 4.25. The summed E-state index contributed by atoms with van der Waals surface area (Å²) >= 11 is 0. The van der Waals surface area contributed by atoms with E-state index in [9.17, 15) is 5.11 Å². The molecule has 1 N–H and O–H groups in total. The number of likely N-dealkylation sites (N-methyl/N-ethyl adjacent to an activating group) is 1. The summed E-state index contributed by atoms with van der Waals surface area (Å²) in [6.45, 7) is 7.33. The maximum atomic E-state index is 10.2. The molecule has 2 unspecified atom stereocenters. The van der Waals surface area contributed by atoms with Crippen LogP contribution in [-0.2, 0) is 4.74 Å². The first-order valence-electron chi connectivity index (χ1n) is 7.52. The third kappa shape index (κ3) is 5.00. The van der Waals surface area contributed by atoms with Crippen LogP contribution in [0.15, 0.2) is 0 Å². The average Bonchev–Trinajstić information content (AvgIpc) is 2.40. The van der Waals surface area contributed by atoms with Crippen LogP contribution in [-0.4, -0.2) is 98.5 Å². The van der Waals surface area contributed by atoms with E-state index in [1.807, 2.05) is 0 Å². The van der Waals surface area contributed by atoms with Crippen molar-refractivity contribution < 1.29 is 9.84 Å². The number of β-amino-alcohol motifs (C(OH)–C–C–N with tert-alkyl or cyclic N) is 1. The largest absolute Gasteiger partial charge is 0.390 e. The normalized spacial score (nSPS) is 28.7. The lowest BCUT2D eigenvalue weighted by Crippen LogP contribution is -2.49. The Hall–Kier alpha value is -0.200. The molecule has 0 saturated carbocycles. The van der Waals surface area contributed by atoms with Crippen LogP contribution in [0.5, 0.6) is 0 Å². The number of ether oxygens (including phenoxy) is 1. The maximum Gasteiger partial charge on any atom is 0.0793 e. The molecular formula is C14H29N3O2. The smallest absolute Gasteiger partial charge is 0.0793 e. The lowest BCUT2D eigenvalue weighted by atomic mass is 10.0. The van der Waals surface area contributed by atoms with Gasteiger partial charge in [0.1, 0.15) is 0 Å². The second-order valence-corrected chi connectivity index (χ2v) is 6.09. The Morgan fingerprint density at radius 3 is 2.53 bits per heavy atom. The monoisotopic (exact) mass is 271 g/mol. The number of likely N-dealkylation sites (tertiary alicyclic amines) is 1. The van der Waals surface area contributed by atoms with Crippen molar-refractivity contribution in [2.45, 2.75) is 25.0 Å². The SMILES string of the molecule is CN(C)C1CCCN(CC(O)CN2CCOCC2)C1. The highest BCUT2D eigenvalue weighted by Gasteiger charge is 2.24. The average molecular weight is 271 g/mol. The molecule has 0 spiro atoms. The number of piperidine rings is 1. The van der Waals surface area contributed by atoms with Gasteiger partial charge in [0.2, 0.25) is 0 Å². The van der Waals surface area contributed by atoms with Gasteiger partial charge in [-0.05, 0) is 33.5 Å². The van der Waals surface area contributed by atoms with E-state index < -0.39 is 0 Å². The predicted molar refractivity (Wildman–Crippen MR) is 76.4 cm³/mol. The number of aliphatic hydroxyl groups is 1. The molecule has 2 saturated heterocycles. The van der Waals surface area contributed by atoms with Crippen LogP contribution in [0.25, 0.3) is 0 Å². The van der Waals surface area contributed by atoms with Crippen LogP contribution in [0.4, 0.5) is 0 Å². The fraction of sp³-hybridized carbons (Fsp3) is 1.00. The van der Waals surface area contributed by atoms with Gasteiger partial charge in [-0.2, -0.15) is 0 Å². The van der Waals surface area contributed by atoms with Crippen LogP contribution in [0.2, 0.25) is 0 Å². The van der Waals surface area contributed by atoms with Gasteiger partial charge in [-0.3, -0.25) is 9.80 Å². The van der Waals surface area contributed by atoms with Gasteiger partial charge in [-0.25, -0.2) is 0 Å². The van der Waals surface area contributed by atoms with E-state index >= 15 is 0 Å². The van der Waals surface area contributed by atoms with Gasteiger partial charge < -0.3 is 14.7 Å². The van der Waals surface area contributed by atoms with E-state index in [0.29, 0.717) is 6.04 Å². The number of aliphatic hydroxyl groups excluding tert-OH is 1. The van der Waals surface area contributed by atoms with Crippen LogP contribution in [0.3, 0.4) is 0 Å². The zero-order valence-electron chi connectivity index (χ0n) is 12.4. The molecular weight excluding hydrogens is 242 g/mol. The molecule has 2 atom stereocenters. The first-order valence-corrected chi connectivity index (χ1v) is 7.52. The Labute approximate surface area is 117 Å². The van der Waals surface area contributed by atoms with Crippen molar-refractivity contribution in [1.29, 1.82) is 0 Å². The Morgan fingerprint density at radius 1 is 1.16 bits per heavy atom. The number of morpholine rings is 1. The first kappa shape index (κ1) is 15.2. The lowest BCUT2D eigenvalue weighted by molar-refractivity contribution is 0.00228. The van der Waals surface area contributed by atoms with Crippen molar-refractivity contribution in [3.63, 3.8) is 0 Å². The Morgan fingerprint density at radius 2 is 1.84 bits per heavy atom. The Balaban J connectivity index is 1.70. The van der Waals surface area contributed by atoms with Crippen molar-refractivity contribution in [3.8, 4) is 0 Å². The molecule has 0 radical (unpaired) electrons. The summed E-state index contributed by atoms with van der Waals surface area (Å²) in [7, 11) is 4.30. The first-order chi connectivity index (χ1) is 9.15. The van der Waals surface area contributed by atoms with E-state index in [1.54, 1.807) is 0 Å². The Bertz CT molecular complexity index is 257. The summed E-state index contributed by atoms with van der Waals surface area (Å²) in [5.74, 6) is 0. The van der Waals surface area contributed by atoms with Gasteiger partial charge in [0.25, 0.3) is 0 Å². The molecule has 2 rings (SSSR count). The van der Waals surface area contributed by atoms with E-state index in [1.165, 1.54) is 12.8 Å². The summed E-state index contributed by atoms with van der Waals surface area (Å²) in [6.07, 6.45) is 2.29. The van der Waals surface area contributed by atoms with Crippen LogP contribution < -0.4 is 0 Å². The highest BCUT2D eigenvalue weighted by Crippen LogP contribution is 2.14. The summed E-state index contributed by atoms with van der Waals surface area (Å²) in [5.41, 5.74) is 0. The van der Waals surface area contributed by atoms with Crippen molar-refractivity contribution in [1.82, 2.24) is 14.7 Å². The lowest BCUT2D eigenvalue weighted by Gasteiger charge is -2.37. The number of rotatable bonds is 5. The molecule has 2 heterocycles. The second-order valence-electron chi connectivity index (χ2n) is 6.09. The number of nitrogens with zero attached hydrogens (tertiary/aromatic N) is 3. The van der Waals surface area contributed by atoms with E-state index in [-0.39, 0.29) is 6.10 Å². The van der Waals surface area contributed by atoms with Crippen LogP contribution in [0.1, 0.15) is 12.8 Å². The van der Waals surface area contributed by atoms with Crippen LogP contribution in [0, 0.1) is 0 Å². The van der Waals surface area contributed by atoms with Crippen molar-refractivity contribution in [2.75, 3.05) is 66.6 Å². The predicted octanol–water partition coefficient (Wildman–Crippen LogP) is -0.294. The van der Waals surface area contributed by atoms with E-state index in [0.717, 1.165) is 52.5 Å². The topological polar surface area (TPSA) is 39.2 Å². The zero-order valence-corrected chi connectivity index (χ0v) is 12.4. The minimum Gasteiger partial charge on any atom is -0.390 e. The minimum absolute atomic E-state index is 0.237. The van der Waals surface area contributed by atoms with Gasteiger partial charge in [0.05, 0.1) is 19.3 Å². The number of hydrogen-bond donors (Lipinski definition) is 1. The quantitative estimate of drug-likeness (QED) is 0.744. The maximum absolute atomic E-state index is 10.2. The second kappa shape index (κ2) is 7.55. The van der Waals surface area contributed by atoms with Gasteiger partial charge in [-0.15, -0.1) is 0 Å². The van der Waals surface area contributed by atoms with Gasteiger partial charge >= 0.3 is 0 Å². The number of hydrogen-bond acceptors (Lipinski definition) is 5. The summed E-state index contributed by atoms with van der Waals surface area (Å²) in [5, 5.41) is 10.2. The molecule has 0 aromatic heterocycles. The molecule has 2 aliphatic heterocycles. The molecule has 0 aromatic carbocycles. The van der Waals surface area contributed by atoms with Crippen molar-refractivity contribution in [3.05, 3.63) is 0 Å². The molecule has 0 bridgehead atoms. The summed E-state index contributed by atoms with van der Waals surface area (Å²) in [4.78, 5) is 7.03. The van der Waals surface area contributed by atoms with Crippen molar-refractivity contribution >= 4 is 0 Å². The molecule has 0 aromatic rings. The summed E-state index contributed by atoms with van der Waals surface area (Å²) < 4.78 is 5.33. The van der Waals surface area contributed by atoms with E-state index in [2.05, 4.69) is 28.8 Å². The molecule has 19 heavy (non-hydrogen) atoms. The highest BCUT2D eigenvalue weighted by atomic mass is 16.5. The summed E-state index contributed by atoms with van der Waals surface area (Å²) in [6, 6.07) is 0.643. The fourth-order valence-electron chi connectivity index (χ4n) is 3.06. The van der Waals surface area contributed by atoms with Gasteiger partial charge in [0, 0.05) is 38.8 Å². The minimum atomic E-state index is -0.237. The molecule has 5 heteroatoms. The molecule has 112 valence electrons. The zero-order chi connectivity index (χ0) is 13.7. The third-order valence-electron chi connectivity index (χ3n) is 4.25. The fourth-order valence-corrected chi connectivity index (χ4v) is 3.06. The Kier molecular flexibility index (Phi) is 6.04. The molecule has 2 fully saturated rings. The van der Waals surface area contributed by atoms with Crippen LogP contribution >= 0.6 is 0 Å². The highest BCUT2D eigenvalue weighted by molar-refractivity contribution is 4.80. The van der Waals surface area contributed by atoms with Gasteiger partial charge in [0.15, 0.2) is 0 Å². The standard InChI is InChI=1S/C14H29N3O2/c1-15(2)13-4-3-5-17(10-13)12-14(18)11-16-6-8-19-9-7-16/h13-14,18H,3-12H2,1-2H3. The van der Waals surface area contributed by atoms with Crippen molar-refractivity contribution in [2.24, 2.45) is 0 Å². The molecule has 2 aliphatic rings. The molecule has 0 aliphatic carbocycles. The molecule has 5 nitrogen and oxygen atoms in total. The van der Waals surface area contributed by atoms with Gasteiger partial charge in [-0.1, -0.05) is 0 Å².